The summed E-state index contributed by atoms with van der Waals surface area (Å²) in [5.74, 6) is 1.00. The third-order valence-electron chi connectivity index (χ3n) is 3.96. The SMILES string of the molecule is CCOC(=O)C(N)(COc1cccc(C(C)C)c1)C1CC1. The molecule has 1 atom stereocenters. The highest BCUT2D eigenvalue weighted by atomic mass is 16.5. The summed E-state index contributed by atoms with van der Waals surface area (Å²) in [6.07, 6.45) is 1.93. The zero-order chi connectivity index (χ0) is 15.5. The van der Waals surface area contributed by atoms with Crippen LogP contribution in [0, 0.1) is 5.92 Å². The molecule has 1 aromatic rings. The van der Waals surface area contributed by atoms with Crippen LogP contribution in [0.3, 0.4) is 0 Å². The Bertz CT molecular complexity index is 497. The van der Waals surface area contributed by atoms with Gasteiger partial charge in [-0.3, -0.25) is 0 Å². The number of esters is 1. The van der Waals surface area contributed by atoms with Crippen molar-refractivity contribution in [2.24, 2.45) is 11.7 Å². The van der Waals surface area contributed by atoms with Gasteiger partial charge in [-0.2, -0.15) is 0 Å². The number of hydrogen-bond donors (Lipinski definition) is 1. The Balaban J connectivity index is 2.05. The average Bonchev–Trinajstić information content (AvgIpc) is 3.30. The molecule has 1 aliphatic rings. The molecular formula is C17H25NO3. The highest BCUT2D eigenvalue weighted by molar-refractivity contribution is 5.81. The summed E-state index contributed by atoms with van der Waals surface area (Å²) in [4.78, 5) is 12.1. The molecule has 0 spiro atoms. The first-order valence-electron chi connectivity index (χ1n) is 7.66. The molecule has 116 valence electrons. The van der Waals surface area contributed by atoms with Gasteiger partial charge in [0, 0.05) is 0 Å². The number of nitrogens with two attached hydrogens (primary N) is 1. The van der Waals surface area contributed by atoms with Crippen molar-refractivity contribution in [2.45, 2.75) is 45.1 Å². The molecule has 1 fully saturated rings. The molecule has 1 aromatic carbocycles. The second kappa shape index (κ2) is 6.48. The van der Waals surface area contributed by atoms with Gasteiger partial charge >= 0.3 is 5.97 Å². The molecule has 0 aliphatic heterocycles. The van der Waals surface area contributed by atoms with Crippen molar-refractivity contribution >= 4 is 5.97 Å². The smallest absolute Gasteiger partial charge is 0.329 e. The van der Waals surface area contributed by atoms with Crippen LogP contribution in [0.25, 0.3) is 0 Å². The number of benzene rings is 1. The van der Waals surface area contributed by atoms with Gasteiger partial charge in [0.2, 0.25) is 0 Å². The summed E-state index contributed by atoms with van der Waals surface area (Å²) in [5, 5.41) is 0. The minimum Gasteiger partial charge on any atom is -0.491 e. The van der Waals surface area contributed by atoms with Crippen LogP contribution in [0.2, 0.25) is 0 Å². The van der Waals surface area contributed by atoms with E-state index in [1.165, 1.54) is 5.56 Å². The maximum absolute atomic E-state index is 12.1. The first-order chi connectivity index (χ1) is 9.97. The fourth-order valence-corrected chi connectivity index (χ4v) is 2.37. The fourth-order valence-electron chi connectivity index (χ4n) is 2.37. The first kappa shape index (κ1) is 15.8. The maximum atomic E-state index is 12.1. The lowest BCUT2D eigenvalue weighted by Gasteiger charge is -2.27. The van der Waals surface area contributed by atoms with E-state index in [-0.39, 0.29) is 18.5 Å². The van der Waals surface area contributed by atoms with Crippen LogP contribution < -0.4 is 10.5 Å². The van der Waals surface area contributed by atoms with Crippen LogP contribution in [-0.4, -0.2) is 24.7 Å². The molecule has 1 aliphatic carbocycles. The van der Waals surface area contributed by atoms with Gasteiger partial charge in [0.15, 0.2) is 5.54 Å². The second-order valence-corrected chi connectivity index (χ2v) is 6.05. The van der Waals surface area contributed by atoms with E-state index in [1.807, 2.05) is 18.2 Å². The summed E-state index contributed by atoms with van der Waals surface area (Å²) in [5.41, 5.74) is 6.46. The average molecular weight is 291 g/mol. The van der Waals surface area contributed by atoms with Gasteiger partial charge in [0.25, 0.3) is 0 Å². The Morgan fingerprint density at radius 2 is 2.14 bits per heavy atom. The summed E-state index contributed by atoms with van der Waals surface area (Å²) >= 11 is 0. The lowest BCUT2D eigenvalue weighted by molar-refractivity contribution is -0.151. The minimum atomic E-state index is -1.02. The van der Waals surface area contributed by atoms with E-state index in [4.69, 9.17) is 15.2 Å². The number of carbonyl (C=O) groups excluding carboxylic acids is 1. The predicted molar refractivity (Wildman–Crippen MR) is 82.3 cm³/mol. The standard InChI is InChI=1S/C17H25NO3/c1-4-20-16(19)17(18,14-8-9-14)11-21-15-7-5-6-13(10-15)12(2)3/h5-7,10,12,14H,4,8-9,11,18H2,1-3H3. The van der Waals surface area contributed by atoms with Gasteiger partial charge in [-0.25, -0.2) is 4.79 Å². The topological polar surface area (TPSA) is 61.5 Å². The van der Waals surface area contributed by atoms with E-state index in [9.17, 15) is 4.79 Å². The Morgan fingerprint density at radius 1 is 1.43 bits per heavy atom. The molecule has 0 heterocycles. The molecule has 0 saturated heterocycles. The molecular weight excluding hydrogens is 266 g/mol. The third kappa shape index (κ3) is 3.76. The van der Waals surface area contributed by atoms with Gasteiger partial charge in [-0.05, 0) is 49.3 Å². The quantitative estimate of drug-likeness (QED) is 0.785. The van der Waals surface area contributed by atoms with Crippen LogP contribution >= 0.6 is 0 Å². The molecule has 1 saturated carbocycles. The van der Waals surface area contributed by atoms with Crippen LogP contribution in [0.1, 0.15) is 45.1 Å². The van der Waals surface area contributed by atoms with E-state index in [0.717, 1.165) is 18.6 Å². The van der Waals surface area contributed by atoms with E-state index in [0.29, 0.717) is 12.5 Å². The second-order valence-electron chi connectivity index (χ2n) is 6.05. The van der Waals surface area contributed by atoms with Gasteiger partial charge in [-0.15, -0.1) is 0 Å². The van der Waals surface area contributed by atoms with Gasteiger partial charge < -0.3 is 15.2 Å². The van der Waals surface area contributed by atoms with Crippen molar-refractivity contribution in [1.29, 1.82) is 0 Å². The zero-order valence-corrected chi connectivity index (χ0v) is 13.1. The number of rotatable bonds is 7. The highest BCUT2D eigenvalue weighted by Gasteiger charge is 2.50. The summed E-state index contributed by atoms with van der Waals surface area (Å²) in [6.45, 7) is 6.56. The van der Waals surface area contributed by atoms with Gasteiger partial charge in [0.05, 0.1) is 6.61 Å². The van der Waals surface area contributed by atoms with Crippen molar-refractivity contribution in [3.63, 3.8) is 0 Å². The lowest BCUT2D eigenvalue weighted by Crippen LogP contribution is -2.55. The van der Waals surface area contributed by atoms with E-state index >= 15 is 0 Å². The molecule has 2 N–H and O–H groups in total. The lowest BCUT2D eigenvalue weighted by atomic mass is 9.96. The maximum Gasteiger partial charge on any atom is 0.329 e. The van der Waals surface area contributed by atoms with Crippen molar-refractivity contribution in [3.05, 3.63) is 29.8 Å². The fraction of sp³-hybridized carbons (Fsp3) is 0.588. The van der Waals surface area contributed by atoms with Crippen LogP contribution in [0.15, 0.2) is 24.3 Å². The van der Waals surface area contributed by atoms with Crippen molar-refractivity contribution in [3.8, 4) is 5.75 Å². The Labute approximate surface area is 126 Å². The largest absolute Gasteiger partial charge is 0.491 e. The van der Waals surface area contributed by atoms with E-state index in [1.54, 1.807) is 6.92 Å². The van der Waals surface area contributed by atoms with Gasteiger partial charge in [-0.1, -0.05) is 26.0 Å². The molecule has 2 rings (SSSR count). The molecule has 0 radical (unpaired) electrons. The van der Waals surface area contributed by atoms with E-state index in [2.05, 4.69) is 19.9 Å². The number of hydrogen-bond acceptors (Lipinski definition) is 4. The third-order valence-corrected chi connectivity index (χ3v) is 3.96. The normalized spacial score (nSPS) is 17.4. The summed E-state index contributed by atoms with van der Waals surface area (Å²) in [7, 11) is 0. The van der Waals surface area contributed by atoms with Gasteiger partial charge in [0.1, 0.15) is 12.4 Å². The molecule has 0 aromatic heterocycles. The van der Waals surface area contributed by atoms with E-state index < -0.39 is 5.54 Å². The molecule has 0 bridgehead atoms. The Hall–Kier alpha value is -1.55. The summed E-state index contributed by atoms with van der Waals surface area (Å²) < 4.78 is 10.9. The summed E-state index contributed by atoms with van der Waals surface area (Å²) in [6, 6.07) is 7.93. The van der Waals surface area contributed by atoms with Crippen LogP contribution in [0.5, 0.6) is 5.75 Å². The highest BCUT2D eigenvalue weighted by Crippen LogP contribution is 2.39. The predicted octanol–water partition coefficient (Wildman–Crippen LogP) is 2.86. The number of carbonyl (C=O) groups is 1. The molecule has 4 nitrogen and oxygen atoms in total. The monoisotopic (exact) mass is 291 g/mol. The number of ether oxygens (including phenoxy) is 2. The molecule has 1 unspecified atom stereocenters. The molecule has 0 amide bonds. The first-order valence-corrected chi connectivity index (χ1v) is 7.66. The zero-order valence-electron chi connectivity index (χ0n) is 13.1. The molecule has 4 heteroatoms. The Morgan fingerprint density at radius 3 is 2.71 bits per heavy atom. The van der Waals surface area contributed by atoms with Crippen molar-refractivity contribution in [1.82, 2.24) is 0 Å². The van der Waals surface area contributed by atoms with Crippen molar-refractivity contribution in [2.75, 3.05) is 13.2 Å². The van der Waals surface area contributed by atoms with Crippen LogP contribution in [0.4, 0.5) is 0 Å². The van der Waals surface area contributed by atoms with Crippen molar-refractivity contribution < 1.29 is 14.3 Å². The Kier molecular flexibility index (Phi) is 4.88. The van der Waals surface area contributed by atoms with Crippen LogP contribution in [-0.2, 0) is 9.53 Å². The molecule has 21 heavy (non-hydrogen) atoms. The minimum absolute atomic E-state index is 0.165.